The van der Waals surface area contributed by atoms with Crippen LogP contribution in [0.2, 0.25) is 0 Å². The molecule has 1 heterocycles. The predicted octanol–water partition coefficient (Wildman–Crippen LogP) is 5.89. The summed E-state index contributed by atoms with van der Waals surface area (Å²) >= 11 is 0. The highest BCUT2D eigenvalue weighted by Gasteiger charge is 2.24. The molecule has 156 valence electrons. The van der Waals surface area contributed by atoms with Gasteiger partial charge in [-0.25, -0.2) is 4.98 Å². The van der Waals surface area contributed by atoms with E-state index >= 15 is 0 Å². The Labute approximate surface area is 173 Å². The zero-order chi connectivity index (χ0) is 20.9. The number of carboxylic acids is 1. The Morgan fingerprint density at radius 1 is 1.34 bits per heavy atom. The van der Waals surface area contributed by atoms with Crippen molar-refractivity contribution < 1.29 is 19.1 Å². The van der Waals surface area contributed by atoms with Crippen LogP contribution in [0.25, 0.3) is 11.5 Å². The maximum atomic E-state index is 11.4. The first kappa shape index (κ1) is 22.5. The summed E-state index contributed by atoms with van der Waals surface area (Å²) in [5.74, 6) is -0.231. The van der Waals surface area contributed by atoms with Gasteiger partial charge in [-0.1, -0.05) is 31.2 Å². The molecular formula is C24H31NO4. The second-order valence-electron chi connectivity index (χ2n) is 7.07. The number of benzene rings is 1. The van der Waals surface area contributed by atoms with Crippen LogP contribution in [0.15, 0.2) is 66.0 Å². The van der Waals surface area contributed by atoms with E-state index < -0.39 is 5.97 Å². The summed E-state index contributed by atoms with van der Waals surface area (Å²) in [6, 6.07) is 9.80. The summed E-state index contributed by atoms with van der Waals surface area (Å²) in [5, 5.41) is 9.35. The van der Waals surface area contributed by atoms with E-state index in [9.17, 15) is 9.90 Å². The number of unbranched alkanes of at least 4 members (excludes halogenated alkanes) is 1. The molecule has 0 aliphatic carbocycles. The van der Waals surface area contributed by atoms with Crippen molar-refractivity contribution in [1.82, 2.24) is 4.98 Å². The molecule has 0 aliphatic heterocycles. The lowest BCUT2D eigenvalue weighted by molar-refractivity contribution is -0.143. The summed E-state index contributed by atoms with van der Waals surface area (Å²) < 4.78 is 11.1. The molecule has 0 radical (unpaired) electrons. The molecule has 0 saturated carbocycles. The topological polar surface area (TPSA) is 72.6 Å². The quantitative estimate of drug-likeness (QED) is 0.244. The highest BCUT2D eigenvalue weighted by atomic mass is 16.5. The van der Waals surface area contributed by atoms with Gasteiger partial charge in [0.25, 0.3) is 0 Å². The molecule has 1 aromatic heterocycles. The molecule has 0 amide bonds. The van der Waals surface area contributed by atoms with Crippen LogP contribution in [0, 0.1) is 11.8 Å². The Morgan fingerprint density at radius 2 is 2.14 bits per heavy atom. The van der Waals surface area contributed by atoms with Crippen molar-refractivity contribution >= 4 is 5.97 Å². The molecule has 0 saturated heterocycles. The Balaban J connectivity index is 1.65. The Morgan fingerprint density at radius 3 is 2.83 bits per heavy atom. The van der Waals surface area contributed by atoms with Gasteiger partial charge in [0.1, 0.15) is 6.26 Å². The van der Waals surface area contributed by atoms with Gasteiger partial charge in [-0.3, -0.25) is 4.79 Å². The normalized spacial score (nSPS) is 13.3. The van der Waals surface area contributed by atoms with Crippen LogP contribution < -0.4 is 0 Å². The average Bonchev–Trinajstić information content (AvgIpc) is 3.20. The SMILES string of the molecule is C=CCC(CCC/C=C/OCCc1coc(-c2ccccc2)n1)C(CC)C(=O)O. The van der Waals surface area contributed by atoms with E-state index in [-0.39, 0.29) is 11.8 Å². The summed E-state index contributed by atoms with van der Waals surface area (Å²) in [6.45, 7) is 6.23. The standard InChI is InChI=1S/C24H31NO4/c1-3-11-19(22(4-2)24(26)27)12-9-6-10-16-28-17-15-21-18-29-23(25-21)20-13-7-5-8-14-20/h3,5,7-8,10,13-14,16,18-19,22H,1,4,6,9,11-12,15,17H2,2H3,(H,26,27)/b16-10+. The Hall–Kier alpha value is -2.82. The maximum Gasteiger partial charge on any atom is 0.306 e. The van der Waals surface area contributed by atoms with E-state index in [0.29, 0.717) is 25.3 Å². The average molecular weight is 398 g/mol. The number of rotatable bonds is 14. The smallest absolute Gasteiger partial charge is 0.306 e. The zero-order valence-corrected chi connectivity index (χ0v) is 17.1. The van der Waals surface area contributed by atoms with E-state index in [1.54, 1.807) is 12.5 Å². The molecule has 0 spiro atoms. The second kappa shape index (κ2) is 12.6. The summed E-state index contributed by atoms with van der Waals surface area (Å²) in [4.78, 5) is 15.8. The first-order valence-electron chi connectivity index (χ1n) is 10.3. The molecule has 5 nitrogen and oxygen atoms in total. The number of carbonyl (C=O) groups is 1. The largest absolute Gasteiger partial charge is 0.501 e. The molecule has 0 fully saturated rings. The van der Waals surface area contributed by atoms with E-state index in [1.165, 1.54) is 0 Å². The molecule has 5 heteroatoms. The van der Waals surface area contributed by atoms with Crippen molar-refractivity contribution in [1.29, 1.82) is 0 Å². The van der Waals surface area contributed by atoms with Gasteiger partial charge in [-0.15, -0.1) is 6.58 Å². The number of allylic oxidation sites excluding steroid dienone is 2. The third-order valence-electron chi connectivity index (χ3n) is 4.98. The third-order valence-corrected chi connectivity index (χ3v) is 4.98. The summed E-state index contributed by atoms with van der Waals surface area (Å²) in [7, 11) is 0. The fourth-order valence-corrected chi connectivity index (χ4v) is 3.41. The van der Waals surface area contributed by atoms with Crippen molar-refractivity contribution in [3.63, 3.8) is 0 Å². The number of oxazole rings is 1. The van der Waals surface area contributed by atoms with Gasteiger partial charge < -0.3 is 14.3 Å². The molecule has 1 aromatic carbocycles. The number of hydrogen-bond donors (Lipinski definition) is 1. The van der Waals surface area contributed by atoms with Crippen molar-refractivity contribution in [2.75, 3.05) is 6.61 Å². The first-order chi connectivity index (χ1) is 14.2. The molecule has 0 aliphatic rings. The second-order valence-corrected chi connectivity index (χ2v) is 7.07. The lowest BCUT2D eigenvalue weighted by Gasteiger charge is -2.21. The number of aromatic nitrogens is 1. The van der Waals surface area contributed by atoms with Crippen molar-refractivity contribution in [2.45, 2.75) is 45.4 Å². The minimum absolute atomic E-state index is 0.148. The number of nitrogens with zero attached hydrogens (tertiary/aromatic N) is 1. The van der Waals surface area contributed by atoms with Crippen LogP contribution >= 0.6 is 0 Å². The van der Waals surface area contributed by atoms with Crippen LogP contribution in [0.1, 0.15) is 44.7 Å². The van der Waals surface area contributed by atoms with Gasteiger partial charge in [0, 0.05) is 12.0 Å². The van der Waals surface area contributed by atoms with Crippen molar-refractivity contribution in [3.8, 4) is 11.5 Å². The van der Waals surface area contributed by atoms with Gasteiger partial charge in [0.05, 0.1) is 24.5 Å². The highest BCUT2D eigenvalue weighted by molar-refractivity contribution is 5.70. The third kappa shape index (κ3) is 7.60. The number of aliphatic carboxylic acids is 1. The van der Waals surface area contributed by atoms with E-state index in [2.05, 4.69) is 11.6 Å². The Kier molecular flexibility index (Phi) is 9.76. The van der Waals surface area contributed by atoms with Crippen LogP contribution in [-0.2, 0) is 16.0 Å². The predicted molar refractivity (Wildman–Crippen MR) is 114 cm³/mol. The fraction of sp³-hybridized carbons (Fsp3) is 0.417. The number of hydrogen-bond acceptors (Lipinski definition) is 4. The molecule has 0 bridgehead atoms. The van der Waals surface area contributed by atoms with Crippen molar-refractivity contribution in [2.24, 2.45) is 11.8 Å². The minimum Gasteiger partial charge on any atom is -0.501 e. The van der Waals surface area contributed by atoms with Crippen LogP contribution in [0.3, 0.4) is 0 Å². The van der Waals surface area contributed by atoms with Gasteiger partial charge in [-0.05, 0) is 56.2 Å². The van der Waals surface area contributed by atoms with Crippen LogP contribution in [0.4, 0.5) is 0 Å². The van der Waals surface area contributed by atoms with Crippen LogP contribution in [-0.4, -0.2) is 22.7 Å². The van der Waals surface area contributed by atoms with E-state index in [4.69, 9.17) is 9.15 Å². The molecule has 2 aromatic rings. The molecular weight excluding hydrogens is 366 g/mol. The highest BCUT2D eigenvalue weighted by Crippen LogP contribution is 2.26. The van der Waals surface area contributed by atoms with Crippen LogP contribution in [0.5, 0.6) is 0 Å². The summed E-state index contributed by atoms with van der Waals surface area (Å²) in [5.41, 5.74) is 1.83. The minimum atomic E-state index is -0.707. The molecule has 2 unspecified atom stereocenters. The lowest BCUT2D eigenvalue weighted by Crippen LogP contribution is -2.22. The van der Waals surface area contributed by atoms with E-state index in [1.807, 2.05) is 49.4 Å². The molecule has 2 rings (SSSR count). The maximum absolute atomic E-state index is 11.4. The lowest BCUT2D eigenvalue weighted by atomic mass is 9.83. The zero-order valence-electron chi connectivity index (χ0n) is 17.1. The first-order valence-corrected chi connectivity index (χ1v) is 10.3. The van der Waals surface area contributed by atoms with Gasteiger partial charge in [0.15, 0.2) is 0 Å². The Bertz CT molecular complexity index is 766. The number of carboxylic acid groups (broad SMARTS) is 1. The monoisotopic (exact) mass is 397 g/mol. The van der Waals surface area contributed by atoms with Gasteiger partial charge in [-0.2, -0.15) is 0 Å². The summed E-state index contributed by atoms with van der Waals surface area (Å²) in [6.07, 6.45) is 12.0. The van der Waals surface area contributed by atoms with Gasteiger partial charge in [0.2, 0.25) is 5.89 Å². The van der Waals surface area contributed by atoms with E-state index in [0.717, 1.165) is 36.9 Å². The molecule has 1 N–H and O–H groups in total. The fourth-order valence-electron chi connectivity index (χ4n) is 3.41. The van der Waals surface area contributed by atoms with Gasteiger partial charge >= 0.3 is 5.97 Å². The molecule has 29 heavy (non-hydrogen) atoms. The number of ether oxygens (including phenoxy) is 1. The molecule has 2 atom stereocenters. The van der Waals surface area contributed by atoms with Crippen molar-refractivity contribution in [3.05, 3.63) is 67.3 Å².